The van der Waals surface area contributed by atoms with Gasteiger partial charge in [0.05, 0.1) is 67.1 Å². The molecule has 3 aliphatic heterocycles. The molecule has 6 rings (SSSR count). The third-order valence-corrected chi connectivity index (χ3v) is 11.6. The van der Waals surface area contributed by atoms with Gasteiger partial charge in [-0.1, -0.05) is 72.9 Å². The Labute approximate surface area is 391 Å². The van der Waals surface area contributed by atoms with E-state index in [-0.39, 0.29) is 39.6 Å². The fourth-order valence-corrected chi connectivity index (χ4v) is 7.68. The highest BCUT2D eigenvalue weighted by atomic mass is 16.6. The van der Waals surface area contributed by atoms with Crippen LogP contribution in [0.25, 0.3) is 0 Å². The molecule has 2 N–H and O–H groups in total. The van der Waals surface area contributed by atoms with E-state index < -0.39 is 90.6 Å². The van der Waals surface area contributed by atoms with E-state index >= 15 is 0 Å². The van der Waals surface area contributed by atoms with Gasteiger partial charge in [0.2, 0.25) is 0 Å². The zero-order valence-electron chi connectivity index (χ0n) is 38.7. The summed E-state index contributed by atoms with van der Waals surface area (Å²) in [6, 6.07) is 22.2. The fraction of sp³-hybridized carbons (Fsp3) is 0.471. The number of benzene rings is 3. The summed E-state index contributed by atoms with van der Waals surface area (Å²) in [6.45, 7) is 5.86. The van der Waals surface area contributed by atoms with Crippen molar-refractivity contribution in [2.75, 3.05) is 41.2 Å². The van der Waals surface area contributed by atoms with Crippen LogP contribution in [0.4, 0.5) is 0 Å². The minimum atomic E-state index is -1.26. The highest BCUT2D eigenvalue weighted by Crippen LogP contribution is 2.29. The number of carbonyl (C=O) groups excluding carboxylic acids is 2. The van der Waals surface area contributed by atoms with E-state index in [4.69, 9.17) is 52.1 Å². The molecule has 0 aromatic heterocycles. The Morgan fingerprint density at radius 2 is 0.806 bits per heavy atom. The number of aliphatic hydroxyl groups is 1. The zero-order valence-corrected chi connectivity index (χ0v) is 38.7. The second kappa shape index (κ2) is 25.0. The van der Waals surface area contributed by atoms with Crippen molar-refractivity contribution in [2.45, 2.75) is 95.5 Å². The van der Waals surface area contributed by atoms with Crippen molar-refractivity contribution in [3.8, 4) is 17.2 Å². The number of hydrogen-bond donors (Lipinski definition) is 2. The van der Waals surface area contributed by atoms with E-state index in [0.29, 0.717) is 11.5 Å². The number of esters is 2. The van der Waals surface area contributed by atoms with Crippen LogP contribution >= 0.6 is 0 Å². The number of carboxylic acid groups (broad SMARTS) is 1. The lowest BCUT2D eigenvalue weighted by molar-refractivity contribution is -0.191. The van der Waals surface area contributed by atoms with Crippen LogP contribution in [0.3, 0.4) is 0 Å². The number of carboxylic acids is 1. The number of ether oxygens (including phenoxy) is 11. The van der Waals surface area contributed by atoms with Gasteiger partial charge in [-0.15, -0.1) is 0 Å². The summed E-state index contributed by atoms with van der Waals surface area (Å²) in [4.78, 5) is 40.4. The quantitative estimate of drug-likeness (QED) is 0.0854. The molecule has 3 aliphatic rings. The molecule has 0 radical (unpaired) electrons. The minimum Gasteiger partial charge on any atom is -0.497 e. The Balaban J connectivity index is 1.10. The second-order valence-corrected chi connectivity index (χ2v) is 16.7. The largest absolute Gasteiger partial charge is 0.497 e. The molecule has 16 heteroatoms. The van der Waals surface area contributed by atoms with E-state index in [9.17, 15) is 24.6 Å². The first-order valence-corrected chi connectivity index (χ1v) is 22.3. The Hall–Kier alpha value is -5.59. The number of hydrogen-bond acceptors (Lipinski definition) is 15. The van der Waals surface area contributed by atoms with Crippen LogP contribution < -0.4 is 14.2 Å². The van der Waals surface area contributed by atoms with E-state index in [1.54, 1.807) is 78.6 Å². The maximum Gasteiger partial charge on any atom is 0.336 e. The van der Waals surface area contributed by atoms with Gasteiger partial charge in [0, 0.05) is 17.8 Å². The van der Waals surface area contributed by atoms with Crippen molar-refractivity contribution < 1.29 is 76.7 Å². The number of rotatable bonds is 23. The number of methoxy groups -OCH3 is 3. The molecule has 0 amide bonds. The molecule has 0 unspecified atom stereocenters. The molecule has 0 saturated carbocycles. The maximum absolute atomic E-state index is 14.1. The van der Waals surface area contributed by atoms with Crippen molar-refractivity contribution in [1.29, 1.82) is 0 Å². The molecule has 0 fully saturated rings. The third-order valence-electron chi connectivity index (χ3n) is 11.6. The summed E-state index contributed by atoms with van der Waals surface area (Å²) in [5.74, 6) is -2.26. The van der Waals surface area contributed by atoms with E-state index in [2.05, 4.69) is 0 Å². The van der Waals surface area contributed by atoms with Crippen LogP contribution in [-0.4, -0.2) is 124 Å². The zero-order chi connectivity index (χ0) is 47.9. The summed E-state index contributed by atoms with van der Waals surface area (Å²) >= 11 is 0. The predicted molar refractivity (Wildman–Crippen MR) is 242 cm³/mol. The molecular weight excluding hydrogens is 869 g/mol. The Kier molecular flexibility index (Phi) is 18.9. The van der Waals surface area contributed by atoms with Gasteiger partial charge in [-0.2, -0.15) is 0 Å². The Morgan fingerprint density at radius 1 is 0.493 bits per heavy atom. The van der Waals surface area contributed by atoms with Crippen molar-refractivity contribution in [1.82, 2.24) is 0 Å². The highest BCUT2D eigenvalue weighted by molar-refractivity contribution is 5.77. The molecule has 0 saturated heterocycles. The predicted octanol–water partition coefficient (Wildman–Crippen LogP) is 5.81. The molecule has 3 aromatic rings. The molecule has 0 spiro atoms. The highest BCUT2D eigenvalue weighted by Gasteiger charge is 2.42. The summed E-state index contributed by atoms with van der Waals surface area (Å²) in [7, 11) is 4.76. The van der Waals surface area contributed by atoms with E-state index in [1.165, 1.54) is 0 Å². The van der Waals surface area contributed by atoms with Crippen LogP contribution in [0.2, 0.25) is 0 Å². The van der Waals surface area contributed by atoms with Gasteiger partial charge in [-0.3, -0.25) is 0 Å². The Bertz CT molecular complexity index is 2120. The molecule has 67 heavy (non-hydrogen) atoms. The van der Waals surface area contributed by atoms with Gasteiger partial charge in [0.15, 0.2) is 18.3 Å². The molecule has 0 aliphatic carbocycles. The number of carbonyl (C=O) groups is 3. The van der Waals surface area contributed by atoms with Gasteiger partial charge in [0.25, 0.3) is 0 Å². The monoisotopic (exact) mass is 930 g/mol. The minimum absolute atomic E-state index is 0.0673. The van der Waals surface area contributed by atoms with Crippen molar-refractivity contribution in [2.24, 2.45) is 17.8 Å². The Morgan fingerprint density at radius 3 is 1.13 bits per heavy atom. The van der Waals surface area contributed by atoms with Gasteiger partial charge < -0.3 is 62.3 Å². The van der Waals surface area contributed by atoms with Crippen molar-refractivity contribution in [3.63, 3.8) is 0 Å². The van der Waals surface area contributed by atoms with E-state index in [0.717, 1.165) is 22.4 Å². The fourth-order valence-electron chi connectivity index (χ4n) is 7.68. The smallest absolute Gasteiger partial charge is 0.336 e. The van der Waals surface area contributed by atoms with Crippen LogP contribution in [0.1, 0.15) is 37.5 Å². The van der Waals surface area contributed by atoms with Gasteiger partial charge >= 0.3 is 17.9 Å². The van der Waals surface area contributed by atoms with Crippen LogP contribution in [0.5, 0.6) is 17.2 Å². The SMILES string of the molecule is COc1ccc(COC[C@@H]2C=C[C@H]([C@H](C)OC(=O)[C@H]3O[C@@H]([C@H](C)OC(=O)[C@H]4O[C@@H]([C@H](C)O)C=C[C@H]4COCc4ccc(OC)cc4)C=C[C@H]3COCc3ccc(OC)cc3)O[C@@H]2C(=O)O)cc1. The first-order chi connectivity index (χ1) is 32.3. The summed E-state index contributed by atoms with van der Waals surface area (Å²) in [5.41, 5.74) is 2.68. The molecule has 3 heterocycles. The average molecular weight is 931 g/mol. The summed E-state index contributed by atoms with van der Waals surface area (Å²) < 4.78 is 64.0. The lowest BCUT2D eigenvalue weighted by Gasteiger charge is -2.36. The molecule has 12 atom stereocenters. The van der Waals surface area contributed by atoms with Crippen LogP contribution in [0, 0.1) is 17.8 Å². The molecule has 16 nitrogen and oxygen atoms in total. The molecule has 0 bridgehead atoms. The summed E-state index contributed by atoms with van der Waals surface area (Å²) in [6.07, 6.45) is 1.46. The van der Waals surface area contributed by atoms with Gasteiger partial charge in [-0.05, 0) is 73.9 Å². The van der Waals surface area contributed by atoms with Crippen molar-refractivity contribution in [3.05, 3.63) is 126 Å². The topological polar surface area (TPSA) is 193 Å². The lowest BCUT2D eigenvalue weighted by Crippen LogP contribution is -2.49. The number of aliphatic carboxylic acids is 1. The van der Waals surface area contributed by atoms with E-state index in [1.807, 2.05) is 72.8 Å². The van der Waals surface area contributed by atoms with Gasteiger partial charge in [-0.25, -0.2) is 14.4 Å². The first-order valence-electron chi connectivity index (χ1n) is 22.3. The normalized spacial score (nSPS) is 25.9. The average Bonchev–Trinajstić information content (AvgIpc) is 3.34. The number of aliphatic hydroxyl groups excluding tert-OH is 1. The second-order valence-electron chi connectivity index (χ2n) is 16.7. The van der Waals surface area contributed by atoms with Gasteiger partial charge in [0.1, 0.15) is 47.8 Å². The standard InChI is InChI=1S/C51H62O16/c1-31(52)43-22-13-38(29-61-26-35-9-18-41(58-5)19-10-35)47(65-43)50(55)64-33(3)45-24-15-39(30-62-27-36-11-20-42(59-6)21-12-36)48(67-45)51(56)63-32(2)44-23-14-37(46(66-44)49(53)54)28-60-25-34-7-16-40(57-4)17-8-34/h7-24,31-33,37-39,43-48,52H,25-30H2,1-6H3,(H,53,54)/t31-,32-,33-,37-,38-,39-,43+,44+,45+,46-,47-,48-/m0/s1. The first kappa shape index (κ1) is 50.8. The summed E-state index contributed by atoms with van der Waals surface area (Å²) in [5, 5.41) is 20.5. The maximum atomic E-state index is 14.1. The third kappa shape index (κ3) is 14.5. The molecular formula is C51H62O16. The molecule has 362 valence electrons. The molecule has 3 aromatic carbocycles. The van der Waals surface area contributed by atoms with Crippen LogP contribution in [0.15, 0.2) is 109 Å². The van der Waals surface area contributed by atoms with Crippen molar-refractivity contribution >= 4 is 17.9 Å². The lowest BCUT2D eigenvalue weighted by atomic mass is 9.96. The van der Waals surface area contributed by atoms with Crippen LogP contribution in [-0.2, 0) is 72.1 Å².